The maximum Gasteiger partial charge on any atom is -0.0352 e. The fourth-order valence-electron chi connectivity index (χ4n) is 2.34. The first kappa shape index (κ1) is 14.0. The number of rotatable bonds is 7. The highest BCUT2D eigenvalue weighted by molar-refractivity contribution is 4.70. The first-order valence-corrected chi connectivity index (χ1v) is 6.37. The zero-order valence-corrected chi connectivity index (χ0v) is 11.2. The summed E-state index contributed by atoms with van der Waals surface area (Å²) < 4.78 is 0. The smallest absolute Gasteiger partial charge is 0.0352 e. The summed E-state index contributed by atoms with van der Waals surface area (Å²) in [6.45, 7) is 14.2. The maximum atomic E-state index is 2.42. The Morgan fingerprint density at radius 2 is 1.64 bits per heavy atom. The highest BCUT2D eigenvalue weighted by Gasteiger charge is 2.18. The maximum absolute atomic E-state index is 2.42. The van der Waals surface area contributed by atoms with Gasteiger partial charge < -0.3 is 0 Å². The highest BCUT2D eigenvalue weighted by Crippen LogP contribution is 2.31. The Labute approximate surface area is 91.5 Å². The minimum Gasteiger partial charge on any atom is -0.0651 e. The Kier molecular flexibility index (Phi) is 6.48. The number of hydrogen-bond acceptors (Lipinski definition) is 0. The van der Waals surface area contributed by atoms with Gasteiger partial charge in [-0.3, -0.25) is 0 Å². The SMILES string of the molecule is CCC(C)CCCC(C)(C)CC(C)C. The Balaban J connectivity index is 3.65. The second kappa shape index (κ2) is 6.48. The third-order valence-electron chi connectivity index (χ3n) is 3.21. The molecule has 0 aliphatic rings. The standard InChI is InChI=1S/C14H30/c1-7-13(4)9-8-10-14(5,6)11-12(2)3/h12-13H,7-11H2,1-6H3. The van der Waals surface area contributed by atoms with Crippen LogP contribution in [0.5, 0.6) is 0 Å². The molecule has 0 aliphatic heterocycles. The monoisotopic (exact) mass is 198 g/mol. The van der Waals surface area contributed by atoms with Gasteiger partial charge >= 0.3 is 0 Å². The summed E-state index contributed by atoms with van der Waals surface area (Å²) in [7, 11) is 0. The fourth-order valence-corrected chi connectivity index (χ4v) is 2.34. The lowest BCUT2D eigenvalue weighted by Crippen LogP contribution is -2.14. The average molecular weight is 198 g/mol. The molecule has 0 aromatic heterocycles. The molecule has 0 rings (SSSR count). The molecule has 1 atom stereocenters. The quantitative estimate of drug-likeness (QED) is 0.522. The molecule has 86 valence electrons. The van der Waals surface area contributed by atoms with Gasteiger partial charge in [-0.25, -0.2) is 0 Å². The Hall–Kier alpha value is 0. The van der Waals surface area contributed by atoms with Gasteiger partial charge in [0.05, 0.1) is 0 Å². The minimum absolute atomic E-state index is 0.557. The van der Waals surface area contributed by atoms with Gasteiger partial charge in [-0.15, -0.1) is 0 Å². The molecule has 0 bridgehead atoms. The molecule has 0 heteroatoms. The van der Waals surface area contributed by atoms with E-state index in [9.17, 15) is 0 Å². The molecule has 0 saturated carbocycles. The lowest BCUT2D eigenvalue weighted by Gasteiger charge is -2.27. The Morgan fingerprint density at radius 3 is 2.07 bits per heavy atom. The summed E-state index contributed by atoms with van der Waals surface area (Å²) in [5, 5.41) is 0. The minimum atomic E-state index is 0.557. The van der Waals surface area contributed by atoms with Gasteiger partial charge in [-0.05, 0) is 30.1 Å². The van der Waals surface area contributed by atoms with Crippen molar-refractivity contribution in [3.8, 4) is 0 Å². The molecule has 0 nitrogen and oxygen atoms in total. The first-order chi connectivity index (χ1) is 6.37. The molecule has 0 amide bonds. The molecule has 0 N–H and O–H groups in total. The van der Waals surface area contributed by atoms with Crippen LogP contribution in [-0.2, 0) is 0 Å². The Bertz CT molecular complexity index is 133. The van der Waals surface area contributed by atoms with Crippen molar-refractivity contribution in [1.82, 2.24) is 0 Å². The van der Waals surface area contributed by atoms with Crippen LogP contribution in [0.25, 0.3) is 0 Å². The molecule has 0 aliphatic carbocycles. The van der Waals surface area contributed by atoms with Crippen LogP contribution in [0.1, 0.15) is 73.6 Å². The normalized spacial score (nSPS) is 14.8. The molecular weight excluding hydrogens is 168 g/mol. The molecule has 0 fully saturated rings. The summed E-state index contributed by atoms with van der Waals surface area (Å²) in [6.07, 6.45) is 6.93. The van der Waals surface area contributed by atoms with Gasteiger partial charge in [0, 0.05) is 0 Å². The van der Waals surface area contributed by atoms with E-state index in [0.717, 1.165) is 11.8 Å². The third kappa shape index (κ3) is 7.41. The topological polar surface area (TPSA) is 0 Å². The summed E-state index contributed by atoms with van der Waals surface area (Å²) in [5.74, 6) is 1.76. The van der Waals surface area contributed by atoms with Crippen LogP contribution in [-0.4, -0.2) is 0 Å². The number of hydrogen-bond donors (Lipinski definition) is 0. The van der Waals surface area contributed by atoms with Crippen LogP contribution in [0.15, 0.2) is 0 Å². The first-order valence-electron chi connectivity index (χ1n) is 6.37. The third-order valence-corrected chi connectivity index (χ3v) is 3.21. The molecule has 0 radical (unpaired) electrons. The van der Waals surface area contributed by atoms with Crippen LogP contribution >= 0.6 is 0 Å². The molecule has 0 aromatic carbocycles. The van der Waals surface area contributed by atoms with Crippen molar-refractivity contribution >= 4 is 0 Å². The van der Waals surface area contributed by atoms with Crippen molar-refractivity contribution < 1.29 is 0 Å². The van der Waals surface area contributed by atoms with Crippen LogP contribution < -0.4 is 0 Å². The fraction of sp³-hybridized carbons (Fsp3) is 1.00. The van der Waals surface area contributed by atoms with Crippen molar-refractivity contribution in [1.29, 1.82) is 0 Å². The molecule has 1 unspecified atom stereocenters. The van der Waals surface area contributed by atoms with Crippen molar-refractivity contribution in [3.63, 3.8) is 0 Å². The summed E-state index contributed by atoms with van der Waals surface area (Å²) in [6, 6.07) is 0. The van der Waals surface area contributed by atoms with E-state index < -0.39 is 0 Å². The summed E-state index contributed by atoms with van der Waals surface area (Å²) in [5.41, 5.74) is 0.557. The summed E-state index contributed by atoms with van der Waals surface area (Å²) >= 11 is 0. The predicted molar refractivity (Wildman–Crippen MR) is 66.5 cm³/mol. The second-order valence-electron chi connectivity index (χ2n) is 6.17. The molecule has 0 saturated heterocycles. The zero-order valence-electron chi connectivity index (χ0n) is 11.2. The predicted octanol–water partition coefficient (Wildman–Crippen LogP) is 5.28. The van der Waals surface area contributed by atoms with Gasteiger partial charge in [-0.1, -0.05) is 60.8 Å². The van der Waals surface area contributed by atoms with E-state index in [1.807, 2.05) is 0 Å². The van der Waals surface area contributed by atoms with Gasteiger partial charge in [0.2, 0.25) is 0 Å². The van der Waals surface area contributed by atoms with E-state index in [4.69, 9.17) is 0 Å². The molecule has 14 heavy (non-hydrogen) atoms. The molecule has 0 heterocycles. The van der Waals surface area contributed by atoms with Gasteiger partial charge in [-0.2, -0.15) is 0 Å². The van der Waals surface area contributed by atoms with E-state index in [1.54, 1.807) is 0 Å². The lowest BCUT2D eigenvalue weighted by molar-refractivity contribution is 0.251. The van der Waals surface area contributed by atoms with Gasteiger partial charge in [0.25, 0.3) is 0 Å². The zero-order chi connectivity index (χ0) is 11.2. The van der Waals surface area contributed by atoms with Crippen molar-refractivity contribution in [2.24, 2.45) is 17.3 Å². The van der Waals surface area contributed by atoms with E-state index >= 15 is 0 Å². The van der Waals surface area contributed by atoms with Gasteiger partial charge in [0.15, 0.2) is 0 Å². The van der Waals surface area contributed by atoms with Crippen molar-refractivity contribution in [2.75, 3.05) is 0 Å². The largest absolute Gasteiger partial charge is 0.0651 e. The van der Waals surface area contributed by atoms with Crippen LogP contribution in [0.3, 0.4) is 0 Å². The van der Waals surface area contributed by atoms with Crippen molar-refractivity contribution in [2.45, 2.75) is 73.6 Å². The van der Waals surface area contributed by atoms with E-state index in [1.165, 1.54) is 32.1 Å². The van der Waals surface area contributed by atoms with Crippen molar-refractivity contribution in [3.05, 3.63) is 0 Å². The highest BCUT2D eigenvalue weighted by atomic mass is 14.2. The van der Waals surface area contributed by atoms with E-state index in [-0.39, 0.29) is 0 Å². The molecule has 0 aromatic rings. The lowest BCUT2D eigenvalue weighted by atomic mass is 9.79. The summed E-state index contributed by atoms with van der Waals surface area (Å²) in [4.78, 5) is 0. The van der Waals surface area contributed by atoms with E-state index in [0.29, 0.717) is 5.41 Å². The Morgan fingerprint density at radius 1 is 1.07 bits per heavy atom. The van der Waals surface area contributed by atoms with Crippen LogP contribution in [0.4, 0.5) is 0 Å². The molecule has 0 spiro atoms. The van der Waals surface area contributed by atoms with Crippen LogP contribution in [0, 0.1) is 17.3 Å². The second-order valence-corrected chi connectivity index (χ2v) is 6.17. The molecular formula is C14H30. The van der Waals surface area contributed by atoms with E-state index in [2.05, 4.69) is 41.5 Å². The average Bonchev–Trinajstić information content (AvgIpc) is 2.01. The van der Waals surface area contributed by atoms with Gasteiger partial charge in [0.1, 0.15) is 0 Å². The van der Waals surface area contributed by atoms with Crippen LogP contribution in [0.2, 0.25) is 0 Å².